The van der Waals surface area contributed by atoms with E-state index >= 15 is 0 Å². The Hall–Kier alpha value is -1.96. The van der Waals surface area contributed by atoms with Crippen LogP contribution in [0.4, 0.5) is 10.1 Å². The Bertz CT molecular complexity index is 870. The average molecular weight is 383 g/mol. The van der Waals surface area contributed by atoms with E-state index in [4.69, 9.17) is 11.6 Å². The summed E-state index contributed by atoms with van der Waals surface area (Å²) in [5.41, 5.74) is 0.735. The summed E-state index contributed by atoms with van der Waals surface area (Å²) < 4.78 is 39.8. The first-order chi connectivity index (χ1) is 11.8. The van der Waals surface area contributed by atoms with Gasteiger partial charge in [0.05, 0.1) is 4.90 Å². The molecule has 1 saturated heterocycles. The second-order valence-corrected chi connectivity index (χ2v) is 8.06. The maximum atomic E-state index is 12.9. The third kappa shape index (κ3) is 4.18. The lowest BCUT2D eigenvalue weighted by atomic mass is 10.1. The molecule has 0 bridgehead atoms. The maximum absolute atomic E-state index is 12.9. The fourth-order valence-electron chi connectivity index (χ4n) is 2.71. The van der Waals surface area contributed by atoms with Crippen molar-refractivity contribution in [3.05, 3.63) is 59.4 Å². The number of sulfonamides is 1. The molecule has 1 fully saturated rings. The number of nitrogens with zero attached hydrogens (tertiary/aromatic N) is 1. The van der Waals surface area contributed by atoms with Crippen molar-refractivity contribution in [3.63, 3.8) is 0 Å². The van der Waals surface area contributed by atoms with E-state index in [1.54, 1.807) is 29.2 Å². The van der Waals surface area contributed by atoms with Crippen LogP contribution < -0.4 is 9.62 Å². The molecule has 132 valence electrons. The number of carbonyl (C=O) groups excluding carboxylic acids is 1. The quantitative estimate of drug-likeness (QED) is 0.864. The van der Waals surface area contributed by atoms with Crippen LogP contribution >= 0.6 is 11.6 Å². The van der Waals surface area contributed by atoms with Crippen molar-refractivity contribution >= 4 is 33.2 Å². The van der Waals surface area contributed by atoms with Crippen LogP contribution in [-0.4, -0.2) is 27.4 Å². The van der Waals surface area contributed by atoms with E-state index in [2.05, 4.69) is 4.72 Å². The molecule has 1 aliphatic rings. The lowest BCUT2D eigenvalue weighted by Crippen LogP contribution is -2.31. The van der Waals surface area contributed by atoms with Gasteiger partial charge in [-0.1, -0.05) is 11.6 Å². The van der Waals surface area contributed by atoms with Gasteiger partial charge < -0.3 is 4.90 Å². The number of hydrogen-bond donors (Lipinski definition) is 1. The van der Waals surface area contributed by atoms with Crippen LogP contribution in [0.15, 0.2) is 53.4 Å². The Kier molecular flexibility index (Phi) is 5.08. The number of carbonyl (C=O) groups is 1. The number of amides is 1. The van der Waals surface area contributed by atoms with Crippen molar-refractivity contribution in [1.29, 1.82) is 0 Å². The number of benzene rings is 2. The SMILES string of the molecule is O=C1C[C@@H](CNS(=O)(=O)c2ccc(F)cc2)CN1c1ccc(Cl)cc1. The van der Waals surface area contributed by atoms with Crippen LogP contribution in [-0.2, 0) is 14.8 Å². The molecule has 0 saturated carbocycles. The molecule has 0 unspecified atom stereocenters. The molecule has 1 heterocycles. The van der Waals surface area contributed by atoms with Crippen LogP contribution in [0.1, 0.15) is 6.42 Å². The Balaban J connectivity index is 1.63. The molecule has 0 spiro atoms. The minimum Gasteiger partial charge on any atom is -0.312 e. The smallest absolute Gasteiger partial charge is 0.240 e. The highest BCUT2D eigenvalue weighted by Crippen LogP contribution is 2.26. The van der Waals surface area contributed by atoms with Gasteiger partial charge in [-0.3, -0.25) is 4.79 Å². The van der Waals surface area contributed by atoms with Gasteiger partial charge in [0.2, 0.25) is 15.9 Å². The topological polar surface area (TPSA) is 66.5 Å². The summed E-state index contributed by atoms with van der Waals surface area (Å²) in [4.78, 5) is 13.8. The second kappa shape index (κ2) is 7.11. The van der Waals surface area contributed by atoms with Crippen LogP contribution in [0.25, 0.3) is 0 Å². The second-order valence-electron chi connectivity index (χ2n) is 5.86. The first-order valence-corrected chi connectivity index (χ1v) is 9.52. The summed E-state index contributed by atoms with van der Waals surface area (Å²) in [5, 5.41) is 0.582. The molecule has 0 aromatic heterocycles. The summed E-state index contributed by atoms with van der Waals surface area (Å²) in [7, 11) is -3.73. The van der Waals surface area contributed by atoms with Crippen molar-refractivity contribution in [3.8, 4) is 0 Å². The number of nitrogens with one attached hydrogen (secondary N) is 1. The van der Waals surface area contributed by atoms with Gasteiger partial charge in [0.15, 0.2) is 0 Å². The molecule has 3 rings (SSSR count). The van der Waals surface area contributed by atoms with E-state index in [-0.39, 0.29) is 29.7 Å². The van der Waals surface area contributed by atoms with Gasteiger partial charge in [0.25, 0.3) is 0 Å². The van der Waals surface area contributed by atoms with Gasteiger partial charge in [-0.15, -0.1) is 0 Å². The Morgan fingerprint density at radius 3 is 2.40 bits per heavy atom. The van der Waals surface area contributed by atoms with Crippen molar-refractivity contribution < 1.29 is 17.6 Å². The van der Waals surface area contributed by atoms with E-state index in [1.165, 1.54) is 12.1 Å². The fourth-order valence-corrected chi connectivity index (χ4v) is 3.96. The van der Waals surface area contributed by atoms with E-state index in [1.807, 2.05) is 0 Å². The molecule has 2 aromatic rings. The largest absolute Gasteiger partial charge is 0.312 e. The highest BCUT2D eigenvalue weighted by molar-refractivity contribution is 7.89. The summed E-state index contributed by atoms with van der Waals surface area (Å²) in [6, 6.07) is 11.5. The molecule has 0 aliphatic carbocycles. The molecule has 1 atom stereocenters. The number of rotatable bonds is 5. The standard InChI is InChI=1S/C17H16ClFN2O3S/c18-13-1-5-15(6-2-13)21-11-12(9-17(21)22)10-20-25(23,24)16-7-3-14(19)4-8-16/h1-8,12,20H,9-11H2/t12-/m0/s1. The maximum Gasteiger partial charge on any atom is 0.240 e. The number of hydrogen-bond acceptors (Lipinski definition) is 3. The Labute approximate surface area is 150 Å². The summed E-state index contributed by atoms with van der Waals surface area (Å²) in [6.07, 6.45) is 0.258. The molecule has 5 nitrogen and oxygen atoms in total. The van der Waals surface area contributed by atoms with Gasteiger partial charge >= 0.3 is 0 Å². The third-order valence-electron chi connectivity index (χ3n) is 4.03. The van der Waals surface area contributed by atoms with Crippen molar-refractivity contribution in [2.24, 2.45) is 5.92 Å². The zero-order valence-electron chi connectivity index (χ0n) is 13.2. The predicted octanol–water partition coefficient (Wildman–Crippen LogP) is 2.81. The molecule has 0 radical (unpaired) electrons. The molecule has 25 heavy (non-hydrogen) atoms. The van der Waals surface area contributed by atoms with Gasteiger partial charge in [0.1, 0.15) is 5.82 Å². The first kappa shape index (κ1) is 17.8. The zero-order valence-corrected chi connectivity index (χ0v) is 14.7. The molecule has 8 heteroatoms. The number of anilines is 1. The monoisotopic (exact) mass is 382 g/mol. The van der Waals surface area contributed by atoms with Gasteiger partial charge in [-0.05, 0) is 54.4 Å². The van der Waals surface area contributed by atoms with Gasteiger partial charge in [-0.25, -0.2) is 17.5 Å². The lowest BCUT2D eigenvalue weighted by molar-refractivity contribution is -0.117. The Morgan fingerprint density at radius 1 is 1.12 bits per heavy atom. The van der Waals surface area contributed by atoms with E-state index in [0.717, 1.165) is 17.8 Å². The minimum atomic E-state index is -3.73. The minimum absolute atomic E-state index is 0.00668. The predicted molar refractivity (Wildman–Crippen MR) is 93.5 cm³/mol. The number of halogens is 2. The summed E-state index contributed by atoms with van der Waals surface area (Å²) >= 11 is 5.85. The van der Waals surface area contributed by atoms with Crippen LogP contribution in [0, 0.1) is 11.7 Å². The molecule has 2 aromatic carbocycles. The molecular formula is C17H16ClFN2O3S. The highest BCUT2D eigenvalue weighted by Gasteiger charge is 2.31. The summed E-state index contributed by atoms with van der Waals surface area (Å²) in [6.45, 7) is 0.557. The van der Waals surface area contributed by atoms with Crippen molar-refractivity contribution in [2.75, 3.05) is 18.0 Å². The van der Waals surface area contributed by atoms with Crippen molar-refractivity contribution in [2.45, 2.75) is 11.3 Å². The van der Waals surface area contributed by atoms with E-state index < -0.39 is 15.8 Å². The van der Waals surface area contributed by atoms with Crippen LogP contribution in [0.5, 0.6) is 0 Å². The third-order valence-corrected chi connectivity index (χ3v) is 5.72. The first-order valence-electron chi connectivity index (χ1n) is 7.66. The molecular weight excluding hydrogens is 367 g/mol. The lowest BCUT2D eigenvalue weighted by Gasteiger charge is -2.17. The van der Waals surface area contributed by atoms with Gasteiger partial charge in [-0.2, -0.15) is 0 Å². The normalized spacial score (nSPS) is 17.9. The van der Waals surface area contributed by atoms with Crippen molar-refractivity contribution in [1.82, 2.24) is 4.72 Å². The highest BCUT2D eigenvalue weighted by atomic mass is 35.5. The van der Waals surface area contributed by atoms with Gasteiger partial charge in [0, 0.05) is 30.2 Å². The van der Waals surface area contributed by atoms with Crippen LogP contribution in [0.3, 0.4) is 0 Å². The Morgan fingerprint density at radius 2 is 1.76 bits per heavy atom. The van der Waals surface area contributed by atoms with Crippen LogP contribution in [0.2, 0.25) is 5.02 Å². The average Bonchev–Trinajstić information content (AvgIpc) is 2.95. The molecule has 1 aliphatic heterocycles. The summed E-state index contributed by atoms with van der Waals surface area (Å²) in [5.74, 6) is -0.703. The molecule has 1 N–H and O–H groups in total. The molecule has 1 amide bonds. The van der Waals surface area contributed by atoms with E-state index in [0.29, 0.717) is 11.6 Å². The van der Waals surface area contributed by atoms with E-state index in [9.17, 15) is 17.6 Å². The fraction of sp³-hybridized carbons (Fsp3) is 0.235. The zero-order chi connectivity index (χ0) is 18.0.